The fraction of sp³-hybridized carbons (Fsp3) is 0.267. The van der Waals surface area contributed by atoms with Crippen molar-refractivity contribution in [3.8, 4) is 16.9 Å². The number of nitrogens with two attached hydrogens (primary N) is 1. The summed E-state index contributed by atoms with van der Waals surface area (Å²) < 4.78 is 1.91. The summed E-state index contributed by atoms with van der Waals surface area (Å²) in [5, 5.41) is 8.67. The van der Waals surface area contributed by atoms with Crippen LogP contribution in [0.25, 0.3) is 16.9 Å². The predicted molar refractivity (Wildman–Crippen MR) is 153 cm³/mol. The van der Waals surface area contributed by atoms with Crippen molar-refractivity contribution in [3.05, 3.63) is 100 Å². The van der Waals surface area contributed by atoms with E-state index in [-0.39, 0.29) is 29.6 Å². The Balaban J connectivity index is 1.39. The highest BCUT2D eigenvalue weighted by Gasteiger charge is 2.50. The molecule has 1 aliphatic carbocycles. The van der Waals surface area contributed by atoms with Gasteiger partial charge in [-0.3, -0.25) is 14.6 Å². The first-order valence-corrected chi connectivity index (χ1v) is 13.5. The highest BCUT2D eigenvalue weighted by Crippen LogP contribution is 2.58. The standard InChI is InChI=1S/C30H29Cl2N5O2/c1-30(2)20(14-27(38)35-28(29(33)39)18-7-4-3-5-8-18)13-22(30)26-16-25(19-9-6-12-34-17-19)36-37(26)21-10-11-23(31)24(32)15-21/h3-12,15-17,20,22,28H,13-14H2,1-2H3,(H2,33,39)(H,35,38)/t20-,22-,28+/m1/s1. The molecule has 1 saturated carbocycles. The summed E-state index contributed by atoms with van der Waals surface area (Å²) >= 11 is 12.5. The summed E-state index contributed by atoms with van der Waals surface area (Å²) in [6, 6.07) is 19.6. The minimum Gasteiger partial charge on any atom is -0.368 e. The first-order valence-electron chi connectivity index (χ1n) is 12.7. The van der Waals surface area contributed by atoms with E-state index in [0.29, 0.717) is 15.6 Å². The number of primary amides is 1. The van der Waals surface area contributed by atoms with Crippen LogP contribution in [0.3, 0.4) is 0 Å². The van der Waals surface area contributed by atoms with Gasteiger partial charge in [0.25, 0.3) is 0 Å². The van der Waals surface area contributed by atoms with Crippen LogP contribution in [0.4, 0.5) is 0 Å². The zero-order valence-electron chi connectivity index (χ0n) is 21.6. The molecule has 2 aromatic carbocycles. The second-order valence-electron chi connectivity index (χ2n) is 10.5. The zero-order chi connectivity index (χ0) is 27.7. The molecule has 1 fully saturated rings. The van der Waals surface area contributed by atoms with Crippen molar-refractivity contribution in [2.24, 2.45) is 17.1 Å². The Morgan fingerprint density at radius 2 is 1.85 bits per heavy atom. The molecule has 0 saturated heterocycles. The molecule has 0 aliphatic heterocycles. The van der Waals surface area contributed by atoms with E-state index in [2.05, 4.69) is 30.2 Å². The molecule has 7 nitrogen and oxygen atoms in total. The Morgan fingerprint density at radius 1 is 1.08 bits per heavy atom. The lowest BCUT2D eigenvalue weighted by Crippen LogP contribution is -2.47. The Bertz CT molecular complexity index is 1500. The number of halogens is 2. The van der Waals surface area contributed by atoms with Crippen LogP contribution < -0.4 is 11.1 Å². The van der Waals surface area contributed by atoms with Gasteiger partial charge in [-0.2, -0.15) is 5.10 Å². The van der Waals surface area contributed by atoms with Gasteiger partial charge in [0.1, 0.15) is 6.04 Å². The number of nitrogens with zero attached hydrogens (tertiary/aromatic N) is 3. The molecule has 200 valence electrons. The first kappa shape index (κ1) is 26.9. The van der Waals surface area contributed by atoms with E-state index in [1.807, 2.05) is 41.1 Å². The van der Waals surface area contributed by atoms with Gasteiger partial charge >= 0.3 is 0 Å². The quantitative estimate of drug-likeness (QED) is 0.271. The van der Waals surface area contributed by atoms with E-state index in [0.717, 1.165) is 29.1 Å². The van der Waals surface area contributed by atoms with Crippen LogP contribution in [0.2, 0.25) is 10.0 Å². The molecule has 1 aliphatic rings. The number of hydrogen-bond donors (Lipinski definition) is 2. The summed E-state index contributed by atoms with van der Waals surface area (Å²) in [7, 11) is 0. The average Bonchev–Trinajstić information content (AvgIpc) is 3.36. The average molecular weight is 563 g/mol. The van der Waals surface area contributed by atoms with E-state index in [9.17, 15) is 9.59 Å². The lowest BCUT2D eigenvalue weighted by Gasteiger charge is -2.52. The lowest BCUT2D eigenvalue weighted by atomic mass is 9.52. The molecule has 3 atom stereocenters. The normalized spacial score (nSPS) is 18.7. The minimum atomic E-state index is -0.865. The van der Waals surface area contributed by atoms with E-state index in [1.165, 1.54) is 0 Å². The van der Waals surface area contributed by atoms with E-state index >= 15 is 0 Å². The van der Waals surface area contributed by atoms with Gasteiger partial charge in [-0.1, -0.05) is 67.4 Å². The maximum atomic E-state index is 13.0. The number of carbonyl (C=O) groups excluding carboxylic acids is 2. The van der Waals surface area contributed by atoms with Gasteiger partial charge in [-0.15, -0.1) is 0 Å². The summed E-state index contributed by atoms with van der Waals surface area (Å²) in [4.78, 5) is 29.4. The largest absolute Gasteiger partial charge is 0.368 e. The highest BCUT2D eigenvalue weighted by atomic mass is 35.5. The molecule has 2 heterocycles. The molecular formula is C30H29Cl2N5O2. The molecule has 5 rings (SSSR count). The number of hydrogen-bond acceptors (Lipinski definition) is 4. The van der Waals surface area contributed by atoms with Gasteiger partial charge < -0.3 is 11.1 Å². The first-order chi connectivity index (χ1) is 18.6. The second kappa shape index (κ2) is 10.8. The van der Waals surface area contributed by atoms with Crippen LogP contribution >= 0.6 is 23.2 Å². The van der Waals surface area contributed by atoms with Crippen molar-refractivity contribution in [1.29, 1.82) is 0 Å². The van der Waals surface area contributed by atoms with Gasteiger partial charge in [0.15, 0.2) is 0 Å². The SMILES string of the molecule is CC1(C)[C@@H](CC(=O)N[C@H](C(N)=O)c2ccccc2)C[C@@H]1c1cc(-c2cccnc2)nn1-c1ccc(Cl)c(Cl)c1. The number of pyridine rings is 1. The Labute approximate surface area is 237 Å². The Morgan fingerprint density at radius 3 is 2.49 bits per heavy atom. The maximum absolute atomic E-state index is 13.0. The smallest absolute Gasteiger partial charge is 0.244 e. The van der Waals surface area contributed by atoms with Gasteiger partial charge in [-0.25, -0.2) is 4.68 Å². The van der Waals surface area contributed by atoms with Crippen LogP contribution in [0.15, 0.2) is 79.1 Å². The van der Waals surface area contributed by atoms with E-state index in [4.69, 9.17) is 34.0 Å². The van der Waals surface area contributed by atoms with E-state index in [1.54, 1.807) is 36.7 Å². The van der Waals surface area contributed by atoms with Crippen molar-refractivity contribution in [2.75, 3.05) is 0 Å². The third-order valence-corrected chi connectivity index (χ3v) is 8.56. The van der Waals surface area contributed by atoms with Gasteiger partial charge in [0.2, 0.25) is 11.8 Å². The zero-order valence-corrected chi connectivity index (χ0v) is 23.2. The predicted octanol–water partition coefficient (Wildman–Crippen LogP) is 6.10. The number of carbonyl (C=O) groups is 2. The van der Waals surface area contributed by atoms with Crippen LogP contribution in [0.1, 0.15) is 49.9 Å². The Kier molecular flexibility index (Phi) is 7.47. The van der Waals surface area contributed by atoms with Crippen molar-refractivity contribution in [1.82, 2.24) is 20.1 Å². The molecule has 2 amide bonds. The molecule has 3 N–H and O–H groups in total. The lowest BCUT2D eigenvalue weighted by molar-refractivity contribution is -0.130. The topological polar surface area (TPSA) is 103 Å². The van der Waals surface area contributed by atoms with Gasteiger partial charge in [-0.05, 0) is 59.7 Å². The van der Waals surface area contributed by atoms with Crippen molar-refractivity contribution >= 4 is 35.0 Å². The molecule has 4 aromatic rings. The number of benzene rings is 2. The van der Waals surface area contributed by atoms with Crippen LogP contribution in [-0.4, -0.2) is 26.6 Å². The summed E-state index contributed by atoms with van der Waals surface area (Å²) in [6.07, 6.45) is 4.58. The molecule has 39 heavy (non-hydrogen) atoms. The van der Waals surface area contributed by atoms with Crippen LogP contribution in [-0.2, 0) is 9.59 Å². The monoisotopic (exact) mass is 561 g/mol. The number of nitrogens with one attached hydrogen (secondary N) is 1. The third-order valence-electron chi connectivity index (χ3n) is 7.82. The minimum absolute atomic E-state index is 0.103. The molecule has 9 heteroatoms. The molecule has 0 unspecified atom stereocenters. The molecule has 0 bridgehead atoms. The summed E-state index contributed by atoms with van der Waals surface area (Å²) in [5.41, 5.74) is 9.58. The summed E-state index contributed by atoms with van der Waals surface area (Å²) in [5.74, 6) is -0.559. The molecule has 0 spiro atoms. The number of rotatable bonds is 8. The summed E-state index contributed by atoms with van der Waals surface area (Å²) in [6.45, 7) is 4.33. The van der Waals surface area contributed by atoms with Gasteiger partial charge in [0.05, 0.1) is 21.4 Å². The maximum Gasteiger partial charge on any atom is 0.244 e. The number of aromatic nitrogens is 3. The van der Waals surface area contributed by atoms with Crippen molar-refractivity contribution in [3.63, 3.8) is 0 Å². The van der Waals surface area contributed by atoms with E-state index < -0.39 is 11.9 Å². The highest BCUT2D eigenvalue weighted by molar-refractivity contribution is 6.42. The second-order valence-corrected chi connectivity index (χ2v) is 11.3. The number of amides is 2. The molecule has 0 radical (unpaired) electrons. The van der Waals surface area contributed by atoms with Crippen molar-refractivity contribution in [2.45, 2.75) is 38.6 Å². The fourth-order valence-electron chi connectivity index (χ4n) is 5.39. The fourth-order valence-corrected chi connectivity index (χ4v) is 5.69. The Hall–Kier alpha value is -3.68. The van der Waals surface area contributed by atoms with Crippen LogP contribution in [0.5, 0.6) is 0 Å². The third kappa shape index (κ3) is 5.42. The van der Waals surface area contributed by atoms with Crippen LogP contribution in [0, 0.1) is 11.3 Å². The molecular weight excluding hydrogens is 533 g/mol. The van der Waals surface area contributed by atoms with Gasteiger partial charge in [0, 0.05) is 36.0 Å². The molecule has 2 aromatic heterocycles. The van der Waals surface area contributed by atoms with Crippen molar-refractivity contribution < 1.29 is 9.59 Å².